The first-order valence-electron chi connectivity index (χ1n) is 9.89. The van der Waals surface area contributed by atoms with Gasteiger partial charge in [-0.1, -0.05) is 35.9 Å². The zero-order valence-electron chi connectivity index (χ0n) is 17.0. The van der Waals surface area contributed by atoms with Crippen molar-refractivity contribution >= 4 is 28.5 Å². The number of carbonyl (C=O) groups is 1. The number of imidazole rings is 1. The molecule has 1 heterocycles. The van der Waals surface area contributed by atoms with Crippen LogP contribution in [-0.2, 0) is 13.1 Å². The summed E-state index contributed by atoms with van der Waals surface area (Å²) in [7, 11) is 1.55. The third-order valence-corrected chi connectivity index (χ3v) is 5.14. The molecule has 4 rings (SSSR count). The first-order chi connectivity index (χ1) is 15.2. The molecule has 0 aliphatic heterocycles. The Balaban J connectivity index is 1.49. The van der Waals surface area contributed by atoms with Crippen molar-refractivity contribution in [2.75, 3.05) is 13.7 Å². The lowest BCUT2D eigenvalue weighted by Crippen LogP contribution is -2.25. The Kier molecular flexibility index (Phi) is 6.38. The van der Waals surface area contributed by atoms with Crippen molar-refractivity contribution in [2.45, 2.75) is 13.1 Å². The summed E-state index contributed by atoms with van der Waals surface area (Å²) in [4.78, 5) is 17.4. The molecular formula is C24H22ClN3O3. The van der Waals surface area contributed by atoms with Crippen molar-refractivity contribution in [3.63, 3.8) is 0 Å². The molecule has 0 aliphatic rings. The highest BCUT2D eigenvalue weighted by molar-refractivity contribution is 6.30. The molecule has 1 amide bonds. The highest BCUT2D eigenvalue weighted by Crippen LogP contribution is 2.20. The molecule has 1 aromatic heterocycles. The van der Waals surface area contributed by atoms with E-state index >= 15 is 0 Å². The Morgan fingerprint density at radius 3 is 2.58 bits per heavy atom. The highest BCUT2D eigenvalue weighted by atomic mass is 35.5. The average Bonchev–Trinajstić information content (AvgIpc) is 3.16. The number of methoxy groups -OCH3 is 1. The molecule has 3 aromatic carbocycles. The van der Waals surface area contributed by atoms with E-state index in [4.69, 9.17) is 26.1 Å². The number of hydrogen-bond donors (Lipinski definition) is 1. The number of halogens is 1. The van der Waals surface area contributed by atoms with Gasteiger partial charge in [0.2, 0.25) is 0 Å². The number of fused-ring (bicyclic) bond motifs is 1. The molecule has 0 spiro atoms. The molecule has 0 radical (unpaired) electrons. The van der Waals surface area contributed by atoms with E-state index < -0.39 is 0 Å². The number of amides is 1. The van der Waals surface area contributed by atoms with Crippen LogP contribution >= 0.6 is 11.6 Å². The van der Waals surface area contributed by atoms with Crippen LogP contribution in [0.3, 0.4) is 0 Å². The maximum atomic E-state index is 12.7. The normalized spacial score (nSPS) is 10.8. The van der Waals surface area contributed by atoms with E-state index in [9.17, 15) is 4.79 Å². The number of nitrogens with one attached hydrogen (secondary N) is 1. The number of benzene rings is 3. The van der Waals surface area contributed by atoms with Crippen LogP contribution in [0.5, 0.6) is 11.5 Å². The van der Waals surface area contributed by atoms with E-state index in [0.717, 1.165) is 22.6 Å². The second-order valence-corrected chi connectivity index (χ2v) is 7.29. The smallest absolute Gasteiger partial charge is 0.255 e. The summed E-state index contributed by atoms with van der Waals surface area (Å²) >= 11 is 5.93. The summed E-state index contributed by atoms with van der Waals surface area (Å²) in [6.07, 6.45) is 0. The number of hydrogen-bond acceptors (Lipinski definition) is 4. The fourth-order valence-electron chi connectivity index (χ4n) is 3.38. The maximum absolute atomic E-state index is 12.7. The fraction of sp³-hybridized carbons (Fsp3) is 0.167. The van der Waals surface area contributed by atoms with Crippen molar-refractivity contribution in [3.8, 4) is 11.5 Å². The third-order valence-electron chi connectivity index (χ3n) is 4.89. The van der Waals surface area contributed by atoms with Crippen molar-refractivity contribution in [2.24, 2.45) is 0 Å². The predicted octanol–water partition coefficient (Wildman–Crippen LogP) is 4.71. The SMILES string of the molecule is COc1ccccc1C(=O)NCc1nc2ccccc2n1CCOc1ccc(Cl)cc1. The Hall–Kier alpha value is -3.51. The molecule has 0 aliphatic carbocycles. The van der Waals surface area contributed by atoms with Crippen LogP contribution in [-0.4, -0.2) is 29.2 Å². The van der Waals surface area contributed by atoms with E-state index in [1.807, 2.05) is 42.5 Å². The van der Waals surface area contributed by atoms with Crippen LogP contribution in [0, 0.1) is 0 Å². The molecule has 0 bridgehead atoms. The van der Waals surface area contributed by atoms with E-state index in [1.54, 1.807) is 37.4 Å². The molecule has 6 nitrogen and oxygen atoms in total. The van der Waals surface area contributed by atoms with Gasteiger partial charge in [-0.2, -0.15) is 0 Å². The molecule has 31 heavy (non-hydrogen) atoms. The summed E-state index contributed by atoms with van der Waals surface area (Å²) in [6, 6.07) is 22.3. The molecule has 1 N–H and O–H groups in total. The Morgan fingerprint density at radius 2 is 1.77 bits per heavy atom. The summed E-state index contributed by atoms with van der Waals surface area (Å²) in [5.74, 6) is 1.82. The van der Waals surface area contributed by atoms with Gasteiger partial charge in [-0.15, -0.1) is 0 Å². The summed E-state index contributed by atoms with van der Waals surface area (Å²) < 4.78 is 13.2. The lowest BCUT2D eigenvalue weighted by Gasteiger charge is -2.12. The molecule has 0 saturated heterocycles. The van der Waals surface area contributed by atoms with Crippen LogP contribution in [0.2, 0.25) is 5.02 Å². The van der Waals surface area contributed by atoms with Crippen molar-refractivity contribution in [1.82, 2.24) is 14.9 Å². The van der Waals surface area contributed by atoms with Crippen molar-refractivity contribution < 1.29 is 14.3 Å². The average molecular weight is 436 g/mol. The molecule has 0 unspecified atom stereocenters. The topological polar surface area (TPSA) is 65.4 Å². The second kappa shape index (κ2) is 9.53. The lowest BCUT2D eigenvalue weighted by molar-refractivity contribution is 0.0946. The van der Waals surface area contributed by atoms with Crippen LogP contribution in [0.15, 0.2) is 72.8 Å². The molecule has 7 heteroatoms. The number of aromatic nitrogens is 2. The maximum Gasteiger partial charge on any atom is 0.255 e. The summed E-state index contributed by atoms with van der Waals surface area (Å²) in [5, 5.41) is 3.62. The van der Waals surface area contributed by atoms with Gasteiger partial charge in [0.25, 0.3) is 5.91 Å². The zero-order chi connectivity index (χ0) is 21.6. The van der Waals surface area contributed by atoms with Gasteiger partial charge in [-0.05, 0) is 48.5 Å². The van der Waals surface area contributed by atoms with Gasteiger partial charge in [0.05, 0.1) is 36.8 Å². The number of para-hydroxylation sites is 3. The first kappa shape index (κ1) is 20.8. The van der Waals surface area contributed by atoms with Crippen LogP contribution < -0.4 is 14.8 Å². The van der Waals surface area contributed by atoms with E-state index in [1.165, 1.54) is 0 Å². The Bertz CT molecular complexity index is 1190. The van der Waals surface area contributed by atoms with E-state index in [2.05, 4.69) is 9.88 Å². The van der Waals surface area contributed by atoms with Crippen molar-refractivity contribution in [1.29, 1.82) is 0 Å². The molecule has 4 aromatic rings. The first-order valence-corrected chi connectivity index (χ1v) is 10.3. The lowest BCUT2D eigenvalue weighted by atomic mass is 10.2. The van der Waals surface area contributed by atoms with Crippen molar-refractivity contribution in [3.05, 3.63) is 89.2 Å². The van der Waals surface area contributed by atoms with Gasteiger partial charge < -0.3 is 19.4 Å². The standard InChI is InChI=1S/C24H22ClN3O3/c1-30-22-9-5-2-6-19(22)24(29)26-16-23-27-20-7-3-4-8-21(20)28(23)14-15-31-18-12-10-17(25)11-13-18/h2-13H,14-16H2,1H3,(H,26,29). The van der Waals surface area contributed by atoms with Gasteiger partial charge >= 0.3 is 0 Å². The number of ether oxygens (including phenoxy) is 2. The molecule has 0 fully saturated rings. The van der Waals surface area contributed by atoms with Gasteiger partial charge in [-0.25, -0.2) is 4.98 Å². The molecule has 0 saturated carbocycles. The van der Waals surface area contributed by atoms with Gasteiger partial charge in [-0.3, -0.25) is 4.79 Å². The number of rotatable bonds is 8. The van der Waals surface area contributed by atoms with Gasteiger partial charge in [0, 0.05) is 5.02 Å². The largest absolute Gasteiger partial charge is 0.496 e. The predicted molar refractivity (Wildman–Crippen MR) is 121 cm³/mol. The molecular weight excluding hydrogens is 414 g/mol. The highest BCUT2D eigenvalue weighted by Gasteiger charge is 2.15. The van der Waals surface area contributed by atoms with E-state index in [0.29, 0.717) is 29.5 Å². The minimum absolute atomic E-state index is 0.214. The second-order valence-electron chi connectivity index (χ2n) is 6.85. The molecule has 0 atom stereocenters. The minimum Gasteiger partial charge on any atom is -0.496 e. The zero-order valence-corrected chi connectivity index (χ0v) is 17.8. The minimum atomic E-state index is -0.214. The third kappa shape index (κ3) is 4.81. The van der Waals surface area contributed by atoms with Crippen LogP contribution in [0.25, 0.3) is 11.0 Å². The monoisotopic (exact) mass is 435 g/mol. The quantitative estimate of drug-likeness (QED) is 0.435. The molecule has 158 valence electrons. The number of carbonyl (C=O) groups excluding carboxylic acids is 1. The Morgan fingerprint density at radius 1 is 1.03 bits per heavy atom. The van der Waals surface area contributed by atoms with Crippen LogP contribution in [0.4, 0.5) is 0 Å². The van der Waals surface area contributed by atoms with E-state index in [-0.39, 0.29) is 12.5 Å². The van der Waals surface area contributed by atoms with Gasteiger partial charge in [0.15, 0.2) is 0 Å². The van der Waals surface area contributed by atoms with Crippen LogP contribution in [0.1, 0.15) is 16.2 Å². The summed E-state index contributed by atoms with van der Waals surface area (Å²) in [5.41, 5.74) is 2.35. The summed E-state index contributed by atoms with van der Waals surface area (Å²) in [6.45, 7) is 1.32. The number of nitrogens with zero attached hydrogens (tertiary/aromatic N) is 2. The van der Waals surface area contributed by atoms with Gasteiger partial charge in [0.1, 0.15) is 23.9 Å². The fourth-order valence-corrected chi connectivity index (χ4v) is 3.51. The Labute approximate surface area is 185 Å².